The van der Waals surface area contributed by atoms with Crippen molar-refractivity contribution in [2.24, 2.45) is 0 Å². The van der Waals surface area contributed by atoms with Gasteiger partial charge in [0.15, 0.2) is 12.8 Å². The highest BCUT2D eigenvalue weighted by Gasteiger charge is 2.06. The van der Waals surface area contributed by atoms with E-state index < -0.39 is 0 Å². The van der Waals surface area contributed by atoms with Gasteiger partial charge in [0.25, 0.3) is 0 Å². The molecule has 0 N–H and O–H groups in total. The molecule has 0 spiro atoms. The molecule has 0 unspecified atom stereocenters. The van der Waals surface area contributed by atoms with Gasteiger partial charge < -0.3 is 4.90 Å². The minimum absolute atomic E-state index is 0. The van der Waals surface area contributed by atoms with Crippen LogP contribution < -0.4 is 0 Å². The molecule has 0 radical (unpaired) electrons. The van der Waals surface area contributed by atoms with Crippen LogP contribution in [0.1, 0.15) is 14.9 Å². The van der Waals surface area contributed by atoms with E-state index in [1.807, 2.05) is 0 Å². The van der Waals surface area contributed by atoms with E-state index >= 15 is 0 Å². The van der Waals surface area contributed by atoms with Crippen molar-refractivity contribution in [2.45, 2.75) is 14.9 Å². The predicted octanol–water partition coefficient (Wildman–Crippen LogP) is 4.62. The summed E-state index contributed by atoms with van der Waals surface area (Å²) in [4.78, 5) is 2.18. The van der Waals surface area contributed by atoms with Crippen LogP contribution in [-0.4, -0.2) is 42.9 Å². The molecule has 0 aromatic carbocycles. The molecule has 4 heteroatoms. The van der Waals surface area contributed by atoms with Crippen molar-refractivity contribution in [3.8, 4) is 0 Å². The van der Waals surface area contributed by atoms with E-state index in [0.717, 1.165) is 13.1 Å². The molecule has 0 bridgehead atoms. The third-order valence-electron chi connectivity index (χ3n) is 2.57. The lowest BCUT2D eigenvalue weighted by atomic mass is 10.2. The molecule has 0 aromatic heterocycles. The fourth-order valence-corrected chi connectivity index (χ4v) is 1.74. The van der Waals surface area contributed by atoms with Crippen molar-refractivity contribution < 1.29 is 4.58 Å². The molecule has 2 aliphatic rings. The Bertz CT molecular complexity index is 404. The molecular weight excluding hydrogens is 462 g/mol. The van der Waals surface area contributed by atoms with Gasteiger partial charge in [0, 0.05) is 62.5 Å². The Hall–Kier alpha value is -0.110. The van der Waals surface area contributed by atoms with Crippen LogP contribution in [0.15, 0.2) is 47.7 Å². The van der Waals surface area contributed by atoms with Gasteiger partial charge in [-0.2, -0.15) is 0 Å². The average molecular weight is 487 g/mol. The van der Waals surface area contributed by atoms with E-state index in [0.29, 0.717) is 0 Å². The molecule has 19 heavy (non-hydrogen) atoms. The summed E-state index contributed by atoms with van der Waals surface area (Å²) in [5, 5.41) is 0. The van der Waals surface area contributed by atoms with E-state index in [4.69, 9.17) is 0 Å². The Morgan fingerprint density at radius 1 is 1.32 bits per heavy atom. The summed E-state index contributed by atoms with van der Waals surface area (Å²) in [5.74, 6) is 0. The standard InChI is InChI=1S/C13H17N2.2CH4.I2/c1-14-8-6-12(10-14)4-3-5-13-7-9-15(2)11-13;;;1-2/h3-9H,10-11H2,1-2H3;2*1H4;/q+1;;;. The third-order valence-corrected chi connectivity index (χ3v) is 2.57. The fraction of sp³-hybridized carbons (Fsp3) is 0.400. The Labute approximate surface area is 142 Å². The molecule has 0 saturated carbocycles. The quantitative estimate of drug-likeness (QED) is 0.407. The first-order valence-electron chi connectivity index (χ1n) is 5.38. The van der Waals surface area contributed by atoms with Gasteiger partial charge in [-0.25, -0.2) is 4.58 Å². The van der Waals surface area contributed by atoms with Gasteiger partial charge in [-0.1, -0.05) is 33.1 Å². The van der Waals surface area contributed by atoms with Gasteiger partial charge in [-0.05, 0) is 17.8 Å². The zero-order chi connectivity index (χ0) is 12.7. The topological polar surface area (TPSA) is 6.25 Å². The van der Waals surface area contributed by atoms with Crippen LogP contribution in [0.3, 0.4) is 0 Å². The maximum Gasteiger partial charge on any atom is 0.168 e. The maximum atomic E-state index is 2.18. The minimum atomic E-state index is 0. The zero-order valence-corrected chi connectivity index (χ0v) is 14.4. The van der Waals surface area contributed by atoms with Crippen LogP contribution in [0.2, 0.25) is 0 Å². The molecular formula is C15H25I2N2+. The molecule has 2 aliphatic heterocycles. The number of hydrogen-bond acceptors (Lipinski definition) is 1. The van der Waals surface area contributed by atoms with Crippen LogP contribution >= 0.6 is 37.2 Å². The van der Waals surface area contributed by atoms with Crippen molar-refractivity contribution >= 4 is 43.4 Å². The van der Waals surface area contributed by atoms with Crippen molar-refractivity contribution in [3.05, 3.63) is 47.7 Å². The fourth-order valence-electron chi connectivity index (χ4n) is 1.74. The van der Waals surface area contributed by atoms with E-state index in [2.05, 4.69) is 104 Å². The third kappa shape index (κ3) is 7.91. The molecule has 0 fully saturated rings. The normalized spacial score (nSPS) is 18.5. The lowest BCUT2D eigenvalue weighted by molar-refractivity contribution is -0.478. The SMILES string of the molecule is C.C.CN1C=CC(=CC=CC2=CC=[N+](C)C2)C1.II. The van der Waals surface area contributed by atoms with Gasteiger partial charge in [0.1, 0.15) is 7.05 Å². The van der Waals surface area contributed by atoms with Crippen LogP contribution in [0.5, 0.6) is 0 Å². The molecule has 0 atom stereocenters. The molecule has 0 saturated heterocycles. The predicted molar refractivity (Wildman–Crippen MR) is 106 cm³/mol. The summed E-state index contributed by atoms with van der Waals surface area (Å²) in [7, 11) is 4.18. The molecule has 0 aliphatic carbocycles. The first-order chi connectivity index (χ1) is 8.24. The zero-order valence-electron chi connectivity index (χ0n) is 10.1. The van der Waals surface area contributed by atoms with Gasteiger partial charge in [-0.15, -0.1) is 0 Å². The van der Waals surface area contributed by atoms with Crippen LogP contribution in [0.25, 0.3) is 0 Å². The molecule has 0 amide bonds. The van der Waals surface area contributed by atoms with E-state index in [1.165, 1.54) is 11.1 Å². The molecule has 0 aromatic rings. The Kier molecular flexibility index (Phi) is 13.0. The van der Waals surface area contributed by atoms with E-state index in [-0.39, 0.29) is 14.9 Å². The number of rotatable bonds is 2. The van der Waals surface area contributed by atoms with Crippen LogP contribution in [0, 0.1) is 0 Å². The average Bonchev–Trinajstić information content (AvgIpc) is 2.91. The number of halogens is 2. The lowest BCUT2D eigenvalue weighted by Crippen LogP contribution is -2.06. The van der Waals surface area contributed by atoms with Gasteiger partial charge in [0.2, 0.25) is 0 Å². The Morgan fingerprint density at radius 3 is 2.47 bits per heavy atom. The minimum Gasteiger partial charge on any atom is -0.376 e. The molecule has 2 heterocycles. The summed E-state index contributed by atoms with van der Waals surface area (Å²) >= 11 is 4.24. The monoisotopic (exact) mass is 487 g/mol. The number of allylic oxidation sites excluding steroid dienone is 3. The van der Waals surface area contributed by atoms with E-state index in [1.54, 1.807) is 0 Å². The summed E-state index contributed by atoms with van der Waals surface area (Å²) in [5.41, 5.74) is 2.73. The van der Waals surface area contributed by atoms with Gasteiger partial charge in [-0.3, -0.25) is 0 Å². The second-order valence-corrected chi connectivity index (χ2v) is 4.14. The Morgan fingerprint density at radius 2 is 2.00 bits per heavy atom. The lowest BCUT2D eigenvalue weighted by Gasteiger charge is -2.04. The molecule has 108 valence electrons. The van der Waals surface area contributed by atoms with Gasteiger partial charge >= 0.3 is 0 Å². The Balaban J connectivity index is 0. The second-order valence-electron chi connectivity index (χ2n) is 4.14. The number of nitrogens with zero attached hydrogens (tertiary/aromatic N) is 2. The van der Waals surface area contributed by atoms with Crippen molar-refractivity contribution in [3.63, 3.8) is 0 Å². The van der Waals surface area contributed by atoms with Crippen LogP contribution in [-0.2, 0) is 0 Å². The summed E-state index contributed by atoms with van der Waals surface area (Å²) in [6.45, 7) is 2.05. The largest absolute Gasteiger partial charge is 0.376 e. The van der Waals surface area contributed by atoms with Crippen molar-refractivity contribution in [1.29, 1.82) is 0 Å². The summed E-state index contributed by atoms with van der Waals surface area (Å²) < 4.78 is 2.18. The highest BCUT2D eigenvalue weighted by Crippen LogP contribution is 2.09. The van der Waals surface area contributed by atoms with Crippen molar-refractivity contribution in [1.82, 2.24) is 4.90 Å². The summed E-state index contributed by atoms with van der Waals surface area (Å²) in [6.07, 6.45) is 15.0. The second kappa shape index (κ2) is 11.7. The number of hydrogen-bond donors (Lipinski definition) is 0. The number of likely N-dealkylation sites (N-methyl/N-ethyl adjacent to an activating group) is 2. The highest BCUT2D eigenvalue weighted by atomic mass is 128. The first kappa shape index (κ1) is 21.2. The van der Waals surface area contributed by atoms with E-state index in [9.17, 15) is 0 Å². The molecule has 2 rings (SSSR count). The highest BCUT2D eigenvalue weighted by molar-refractivity contribution is 15.0. The molecule has 2 nitrogen and oxygen atoms in total. The van der Waals surface area contributed by atoms with Gasteiger partial charge in [0.05, 0.1) is 0 Å². The maximum absolute atomic E-state index is 2.18. The first-order valence-corrected chi connectivity index (χ1v) is 11.7. The van der Waals surface area contributed by atoms with Crippen molar-refractivity contribution in [2.75, 3.05) is 27.2 Å². The summed E-state index contributed by atoms with van der Waals surface area (Å²) in [6, 6.07) is 0. The van der Waals surface area contributed by atoms with Crippen LogP contribution in [0.4, 0.5) is 0 Å². The smallest absolute Gasteiger partial charge is 0.168 e.